The summed E-state index contributed by atoms with van der Waals surface area (Å²) < 4.78 is 10.8. The Balaban J connectivity index is 1.57. The SMILES string of the molecule is CCOC(=O)c1c(-c2ccc3c(c2)CCCC3)csc1NC(=O)Cc1ccc(OCC)cc1. The van der Waals surface area contributed by atoms with Crippen molar-refractivity contribution in [1.29, 1.82) is 0 Å². The first kappa shape index (κ1) is 23.1. The maximum Gasteiger partial charge on any atom is 0.341 e. The van der Waals surface area contributed by atoms with Gasteiger partial charge in [0.05, 0.1) is 19.6 Å². The van der Waals surface area contributed by atoms with Gasteiger partial charge in [-0.05, 0) is 73.9 Å². The van der Waals surface area contributed by atoms with Gasteiger partial charge in [0.25, 0.3) is 0 Å². The Morgan fingerprint density at radius 2 is 1.73 bits per heavy atom. The largest absolute Gasteiger partial charge is 0.494 e. The number of amides is 1. The van der Waals surface area contributed by atoms with Crippen molar-refractivity contribution in [3.05, 3.63) is 70.1 Å². The average molecular weight is 464 g/mol. The Bertz CT molecular complexity index is 1130. The second-order valence-corrected chi connectivity index (χ2v) is 8.95. The highest BCUT2D eigenvalue weighted by atomic mass is 32.1. The van der Waals surface area contributed by atoms with Gasteiger partial charge >= 0.3 is 5.97 Å². The molecule has 33 heavy (non-hydrogen) atoms. The third-order valence-corrected chi connectivity index (χ3v) is 6.68. The molecule has 1 heterocycles. The van der Waals surface area contributed by atoms with Crippen molar-refractivity contribution in [2.24, 2.45) is 0 Å². The predicted octanol–water partition coefficient (Wildman–Crippen LogP) is 6.05. The normalized spacial score (nSPS) is 12.7. The van der Waals surface area contributed by atoms with Crippen LogP contribution in [0.15, 0.2) is 47.8 Å². The van der Waals surface area contributed by atoms with E-state index in [9.17, 15) is 9.59 Å². The molecular weight excluding hydrogens is 434 g/mol. The Morgan fingerprint density at radius 3 is 2.45 bits per heavy atom. The fourth-order valence-corrected chi connectivity index (χ4v) is 5.17. The minimum Gasteiger partial charge on any atom is -0.494 e. The van der Waals surface area contributed by atoms with Gasteiger partial charge in [-0.25, -0.2) is 4.79 Å². The number of carbonyl (C=O) groups excluding carboxylic acids is 2. The number of hydrogen-bond acceptors (Lipinski definition) is 5. The molecule has 1 aromatic heterocycles. The minimum absolute atomic E-state index is 0.177. The number of ether oxygens (including phenoxy) is 2. The number of hydrogen-bond donors (Lipinski definition) is 1. The van der Waals surface area contributed by atoms with Crippen LogP contribution in [0.4, 0.5) is 5.00 Å². The molecule has 0 radical (unpaired) electrons. The monoisotopic (exact) mass is 463 g/mol. The summed E-state index contributed by atoms with van der Waals surface area (Å²) in [6.45, 7) is 4.59. The van der Waals surface area contributed by atoms with Crippen LogP contribution in [0.25, 0.3) is 11.1 Å². The number of fused-ring (bicyclic) bond motifs is 1. The molecule has 1 N–H and O–H groups in total. The van der Waals surface area contributed by atoms with E-state index in [1.54, 1.807) is 6.92 Å². The van der Waals surface area contributed by atoms with Gasteiger partial charge in [0.15, 0.2) is 0 Å². The molecule has 0 bridgehead atoms. The molecule has 0 saturated heterocycles. The van der Waals surface area contributed by atoms with Crippen LogP contribution in [0.1, 0.15) is 53.7 Å². The topological polar surface area (TPSA) is 64.6 Å². The van der Waals surface area contributed by atoms with E-state index in [4.69, 9.17) is 9.47 Å². The average Bonchev–Trinajstić information content (AvgIpc) is 3.24. The summed E-state index contributed by atoms with van der Waals surface area (Å²) in [6, 6.07) is 13.9. The molecule has 4 rings (SSSR count). The highest BCUT2D eigenvalue weighted by Crippen LogP contribution is 2.38. The van der Waals surface area contributed by atoms with Crippen molar-refractivity contribution in [2.45, 2.75) is 46.0 Å². The van der Waals surface area contributed by atoms with Gasteiger partial charge in [-0.2, -0.15) is 0 Å². The van der Waals surface area contributed by atoms with Crippen molar-refractivity contribution in [3.63, 3.8) is 0 Å². The first-order chi connectivity index (χ1) is 16.1. The molecule has 0 spiro atoms. The van der Waals surface area contributed by atoms with E-state index in [1.165, 1.54) is 35.3 Å². The van der Waals surface area contributed by atoms with Crippen LogP contribution in [0.3, 0.4) is 0 Å². The van der Waals surface area contributed by atoms with E-state index in [-0.39, 0.29) is 18.9 Å². The number of carbonyl (C=O) groups is 2. The standard InChI is InChI=1S/C27H29NO4S/c1-3-31-22-13-9-18(10-14-22)15-24(29)28-26-25(27(30)32-4-2)23(17-33-26)21-12-11-19-7-5-6-8-20(19)16-21/h9-14,16-17H,3-8,15H2,1-2H3,(H,28,29). The molecule has 1 amide bonds. The summed E-state index contributed by atoms with van der Waals surface area (Å²) >= 11 is 1.36. The van der Waals surface area contributed by atoms with Crippen molar-refractivity contribution in [3.8, 4) is 16.9 Å². The van der Waals surface area contributed by atoms with Crippen LogP contribution >= 0.6 is 11.3 Å². The Kier molecular flexibility index (Phi) is 7.45. The van der Waals surface area contributed by atoms with Gasteiger partial charge in [0, 0.05) is 10.9 Å². The third-order valence-electron chi connectivity index (χ3n) is 5.78. The zero-order chi connectivity index (χ0) is 23.2. The molecule has 5 nitrogen and oxygen atoms in total. The van der Waals surface area contributed by atoms with E-state index in [0.29, 0.717) is 17.2 Å². The number of nitrogens with one attached hydrogen (secondary N) is 1. The van der Waals surface area contributed by atoms with Crippen LogP contribution in [-0.2, 0) is 28.8 Å². The molecule has 0 fully saturated rings. The van der Waals surface area contributed by atoms with Crippen molar-refractivity contribution < 1.29 is 19.1 Å². The molecule has 0 unspecified atom stereocenters. The first-order valence-electron chi connectivity index (χ1n) is 11.5. The van der Waals surface area contributed by atoms with E-state index >= 15 is 0 Å². The highest BCUT2D eigenvalue weighted by molar-refractivity contribution is 7.15. The smallest absolute Gasteiger partial charge is 0.341 e. The van der Waals surface area contributed by atoms with Gasteiger partial charge in [-0.15, -0.1) is 11.3 Å². The number of rotatable bonds is 8. The molecule has 2 aromatic carbocycles. The lowest BCUT2D eigenvalue weighted by Crippen LogP contribution is -2.16. The van der Waals surface area contributed by atoms with Gasteiger partial charge in [-0.1, -0.05) is 30.3 Å². The number of aryl methyl sites for hydroxylation is 2. The van der Waals surface area contributed by atoms with Crippen LogP contribution in [0, 0.1) is 0 Å². The highest BCUT2D eigenvalue weighted by Gasteiger charge is 2.23. The molecular formula is C27H29NO4S. The summed E-state index contributed by atoms with van der Waals surface area (Å²) in [5.41, 5.74) is 5.84. The number of anilines is 1. The molecule has 172 valence electrons. The van der Waals surface area contributed by atoms with E-state index in [2.05, 4.69) is 23.5 Å². The van der Waals surface area contributed by atoms with E-state index in [1.807, 2.05) is 36.6 Å². The Labute approximate surface area is 198 Å². The van der Waals surface area contributed by atoms with Crippen LogP contribution in [0.5, 0.6) is 5.75 Å². The minimum atomic E-state index is -0.414. The number of thiophene rings is 1. The van der Waals surface area contributed by atoms with Gasteiger partial charge in [0.1, 0.15) is 16.3 Å². The molecule has 1 aliphatic rings. The third kappa shape index (κ3) is 5.45. The molecule has 1 aliphatic carbocycles. The summed E-state index contributed by atoms with van der Waals surface area (Å²) in [6.07, 6.45) is 4.80. The number of benzene rings is 2. The zero-order valence-electron chi connectivity index (χ0n) is 19.1. The Hall–Kier alpha value is -3.12. The summed E-state index contributed by atoms with van der Waals surface area (Å²) in [5.74, 6) is 0.186. The van der Waals surface area contributed by atoms with Crippen molar-refractivity contribution >= 4 is 28.2 Å². The zero-order valence-corrected chi connectivity index (χ0v) is 19.9. The summed E-state index contributed by atoms with van der Waals surface area (Å²) in [5, 5.41) is 5.40. The molecule has 0 aliphatic heterocycles. The fraction of sp³-hybridized carbons (Fsp3) is 0.333. The van der Waals surface area contributed by atoms with Crippen LogP contribution < -0.4 is 10.1 Å². The lowest BCUT2D eigenvalue weighted by molar-refractivity contribution is -0.115. The maximum atomic E-state index is 12.9. The van der Waals surface area contributed by atoms with Crippen LogP contribution in [0.2, 0.25) is 0 Å². The van der Waals surface area contributed by atoms with Gasteiger partial charge in [0.2, 0.25) is 5.91 Å². The van der Waals surface area contributed by atoms with Crippen LogP contribution in [-0.4, -0.2) is 25.1 Å². The lowest BCUT2D eigenvalue weighted by Gasteiger charge is -2.17. The molecule has 6 heteroatoms. The summed E-state index contributed by atoms with van der Waals surface area (Å²) in [4.78, 5) is 25.6. The Morgan fingerprint density at radius 1 is 0.970 bits per heavy atom. The quantitative estimate of drug-likeness (QED) is 0.413. The summed E-state index contributed by atoms with van der Waals surface area (Å²) in [7, 11) is 0. The second kappa shape index (κ2) is 10.7. The van der Waals surface area contributed by atoms with Crippen molar-refractivity contribution in [1.82, 2.24) is 0 Å². The maximum absolute atomic E-state index is 12.9. The number of esters is 1. The lowest BCUT2D eigenvalue weighted by atomic mass is 9.89. The van der Waals surface area contributed by atoms with E-state index < -0.39 is 5.97 Å². The van der Waals surface area contributed by atoms with Gasteiger partial charge in [-0.3, -0.25) is 4.79 Å². The van der Waals surface area contributed by atoms with Crippen molar-refractivity contribution in [2.75, 3.05) is 18.5 Å². The fourth-order valence-electron chi connectivity index (χ4n) is 4.20. The molecule has 0 saturated carbocycles. The molecule has 0 atom stereocenters. The first-order valence-corrected chi connectivity index (χ1v) is 12.4. The molecule has 3 aromatic rings. The van der Waals surface area contributed by atoms with Gasteiger partial charge < -0.3 is 14.8 Å². The predicted molar refractivity (Wildman–Crippen MR) is 132 cm³/mol. The van der Waals surface area contributed by atoms with E-state index in [0.717, 1.165) is 35.3 Å². The second-order valence-electron chi connectivity index (χ2n) is 8.07.